The molecule has 1 aliphatic rings. The minimum atomic E-state index is -0.269. The topological polar surface area (TPSA) is 37.8 Å². The SMILES string of the molecule is Fc1ccc2ncnc(NCC3(c4ccccc4)CC3)c2c1. The molecule has 0 amide bonds. The Hall–Kier alpha value is -2.49. The third-order valence-corrected chi connectivity index (χ3v) is 4.43. The highest BCUT2D eigenvalue weighted by Crippen LogP contribution is 2.48. The Bertz CT molecular complexity index is 813. The molecule has 3 nitrogen and oxygen atoms in total. The van der Waals surface area contributed by atoms with E-state index in [9.17, 15) is 4.39 Å². The summed E-state index contributed by atoms with van der Waals surface area (Å²) in [6, 6.07) is 15.1. The third-order valence-electron chi connectivity index (χ3n) is 4.43. The number of halogens is 1. The smallest absolute Gasteiger partial charge is 0.137 e. The second-order valence-corrected chi connectivity index (χ2v) is 5.88. The molecule has 0 saturated heterocycles. The first-order valence-corrected chi connectivity index (χ1v) is 7.47. The van der Waals surface area contributed by atoms with Gasteiger partial charge >= 0.3 is 0 Å². The normalized spacial score (nSPS) is 15.7. The second-order valence-electron chi connectivity index (χ2n) is 5.88. The highest BCUT2D eigenvalue weighted by Gasteiger charge is 2.43. The lowest BCUT2D eigenvalue weighted by atomic mass is 9.96. The molecule has 1 fully saturated rings. The van der Waals surface area contributed by atoms with E-state index in [0.717, 1.165) is 17.4 Å². The van der Waals surface area contributed by atoms with E-state index >= 15 is 0 Å². The van der Waals surface area contributed by atoms with Gasteiger partial charge in [0.25, 0.3) is 0 Å². The number of hydrogen-bond donors (Lipinski definition) is 1. The molecule has 2 aromatic carbocycles. The van der Waals surface area contributed by atoms with Gasteiger partial charge in [0, 0.05) is 17.3 Å². The average molecular weight is 293 g/mol. The molecule has 0 radical (unpaired) electrons. The van der Waals surface area contributed by atoms with Crippen LogP contribution in [0, 0.1) is 5.82 Å². The zero-order valence-electron chi connectivity index (χ0n) is 12.1. The molecule has 4 heteroatoms. The first-order chi connectivity index (χ1) is 10.8. The first-order valence-electron chi connectivity index (χ1n) is 7.47. The third kappa shape index (κ3) is 2.30. The van der Waals surface area contributed by atoms with Crippen molar-refractivity contribution in [2.24, 2.45) is 0 Å². The van der Waals surface area contributed by atoms with Gasteiger partial charge in [-0.15, -0.1) is 0 Å². The number of anilines is 1. The molecule has 4 rings (SSSR count). The van der Waals surface area contributed by atoms with Crippen molar-refractivity contribution in [3.63, 3.8) is 0 Å². The standard InChI is InChI=1S/C18H16FN3/c19-14-6-7-16-15(10-14)17(22-12-21-16)20-11-18(8-9-18)13-4-2-1-3-5-13/h1-7,10,12H,8-9,11H2,(H,20,21,22). The van der Waals surface area contributed by atoms with Gasteiger partial charge in [-0.25, -0.2) is 14.4 Å². The van der Waals surface area contributed by atoms with E-state index in [1.165, 1.54) is 36.9 Å². The summed E-state index contributed by atoms with van der Waals surface area (Å²) in [4.78, 5) is 8.47. The van der Waals surface area contributed by atoms with E-state index in [4.69, 9.17) is 0 Å². The molecule has 1 N–H and O–H groups in total. The number of benzene rings is 2. The molecule has 110 valence electrons. The van der Waals surface area contributed by atoms with E-state index in [1.54, 1.807) is 6.07 Å². The maximum absolute atomic E-state index is 13.5. The van der Waals surface area contributed by atoms with Crippen molar-refractivity contribution < 1.29 is 4.39 Å². The van der Waals surface area contributed by atoms with Gasteiger partial charge in [0.05, 0.1) is 5.52 Å². The Labute approximate surface area is 128 Å². The number of hydrogen-bond acceptors (Lipinski definition) is 3. The molecule has 1 heterocycles. The molecular formula is C18H16FN3. The van der Waals surface area contributed by atoms with Crippen LogP contribution in [0.15, 0.2) is 54.9 Å². The van der Waals surface area contributed by atoms with Crippen molar-refractivity contribution in [3.05, 3.63) is 66.2 Å². The van der Waals surface area contributed by atoms with Crippen LogP contribution < -0.4 is 5.32 Å². The Morgan fingerprint density at radius 2 is 1.86 bits per heavy atom. The van der Waals surface area contributed by atoms with E-state index in [0.29, 0.717) is 5.82 Å². The molecule has 0 unspecified atom stereocenters. The number of fused-ring (bicyclic) bond motifs is 1. The Kier molecular flexibility index (Phi) is 3.03. The quantitative estimate of drug-likeness (QED) is 0.792. The van der Waals surface area contributed by atoms with Crippen LogP contribution in [0.1, 0.15) is 18.4 Å². The second kappa shape index (κ2) is 5.05. The first kappa shape index (κ1) is 13.2. The maximum Gasteiger partial charge on any atom is 0.137 e. The summed E-state index contributed by atoms with van der Waals surface area (Å²) < 4.78 is 13.5. The molecule has 0 aliphatic heterocycles. The predicted molar refractivity (Wildman–Crippen MR) is 85.3 cm³/mol. The highest BCUT2D eigenvalue weighted by atomic mass is 19.1. The van der Waals surface area contributed by atoms with Crippen LogP contribution in [-0.4, -0.2) is 16.5 Å². The lowest BCUT2D eigenvalue weighted by molar-refractivity contribution is 0.629. The number of aromatic nitrogens is 2. The van der Waals surface area contributed by atoms with Gasteiger partial charge in [0.1, 0.15) is 18.0 Å². The summed E-state index contributed by atoms with van der Waals surface area (Å²) in [5.41, 5.74) is 2.29. The van der Waals surface area contributed by atoms with Crippen molar-refractivity contribution in [1.82, 2.24) is 9.97 Å². The molecule has 0 bridgehead atoms. The molecule has 0 atom stereocenters. The minimum Gasteiger partial charge on any atom is -0.369 e. The van der Waals surface area contributed by atoms with Crippen molar-refractivity contribution in [3.8, 4) is 0 Å². The molecule has 1 saturated carbocycles. The molecule has 1 aliphatic carbocycles. The van der Waals surface area contributed by atoms with E-state index in [-0.39, 0.29) is 11.2 Å². The van der Waals surface area contributed by atoms with Crippen LogP contribution >= 0.6 is 0 Å². The van der Waals surface area contributed by atoms with Crippen molar-refractivity contribution >= 4 is 16.7 Å². The van der Waals surface area contributed by atoms with Crippen LogP contribution in [0.2, 0.25) is 0 Å². The molecule has 3 aromatic rings. The fraction of sp³-hybridized carbons (Fsp3) is 0.222. The summed E-state index contributed by atoms with van der Waals surface area (Å²) >= 11 is 0. The maximum atomic E-state index is 13.5. The fourth-order valence-corrected chi connectivity index (χ4v) is 2.93. The van der Waals surface area contributed by atoms with Gasteiger partial charge in [-0.05, 0) is 36.6 Å². The number of nitrogens with zero attached hydrogens (tertiary/aromatic N) is 2. The number of rotatable bonds is 4. The van der Waals surface area contributed by atoms with Gasteiger partial charge in [0.15, 0.2) is 0 Å². The van der Waals surface area contributed by atoms with Crippen LogP contribution in [0.5, 0.6) is 0 Å². The largest absolute Gasteiger partial charge is 0.369 e. The van der Waals surface area contributed by atoms with Gasteiger partial charge < -0.3 is 5.32 Å². The summed E-state index contributed by atoms with van der Waals surface area (Å²) in [7, 11) is 0. The van der Waals surface area contributed by atoms with Crippen LogP contribution in [0.4, 0.5) is 10.2 Å². The van der Waals surface area contributed by atoms with Gasteiger partial charge in [-0.3, -0.25) is 0 Å². The Morgan fingerprint density at radius 3 is 2.64 bits per heavy atom. The monoisotopic (exact) mass is 293 g/mol. The van der Waals surface area contributed by atoms with Crippen molar-refractivity contribution in [1.29, 1.82) is 0 Å². The molecule has 22 heavy (non-hydrogen) atoms. The van der Waals surface area contributed by atoms with Crippen LogP contribution in [0.3, 0.4) is 0 Å². The van der Waals surface area contributed by atoms with Crippen LogP contribution in [0.25, 0.3) is 10.9 Å². The average Bonchev–Trinajstić information content (AvgIpc) is 3.35. The van der Waals surface area contributed by atoms with Gasteiger partial charge in [0.2, 0.25) is 0 Å². The number of nitrogens with one attached hydrogen (secondary N) is 1. The predicted octanol–water partition coefficient (Wildman–Crippen LogP) is 3.91. The van der Waals surface area contributed by atoms with Crippen molar-refractivity contribution in [2.45, 2.75) is 18.3 Å². The van der Waals surface area contributed by atoms with Gasteiger partial charge in [-0.1, -0.05) is 30.3 Å². The summed E-state index contributed by atoms with van der Waals surface area (Å²) in [5.74, 6) is 0.432. The van der Waals surface area contributed by atoms with Crippen LogP contribution in [-0.2, 0) is 5.41 Å². The minimum absolute atomic E-state index is 0.186. The lowest BCUT2D eigenvalue weighted by Gasteiger charge is -2.17. The zero-order valence-corrected chi connectivity index (χ0v) is 12.1. The Morgan fingerprint density at radius 1 is 1.05 bits per heavy atom. The highest BCUT2D eigenvalue weighted by molar-refractivity contribution is 5.88. The molecular weight excluding hydrogens is 277 g/mol. The zero-order chi connectivity index (χ0) is 15.0. The molecule has 1 aromatic heterocycles. The van der Waals surface area contributed by atoms with Crippen molar-refractivity contribution in [2.75, 3.05) is 11.9 Å². The van der Waals surface area contributed by atoms with E-state index in [1.807, 2.05) is 6.07 Å². The van der Waals surface area contributed by atoms with E-state index in [2.05, 4.69) is 39.6 Å². The fourth-order valence-electron chi connectivity index (χ4n) is 2.93. The lowest BCUT2D eigenvalue weighted by Crippen LogP contribution is -2.20. The summed E-state index contributed by atoms with van der Waals surface area (Å²) in [6.07, 6.45) is 3.85. The van der Waals surface area contributed by atoms with E-state index < -0.39 is 0 Å². The molecule has 0 spiro atoms. The summed E-state index contributed by atoms with van der Waals surface area (Å²) in [5, 5.41) is 4.13. The summed E-state index contributed by atoms with van der Waals surface area (Å²) in [6.45, 7) is 0.805. The van der Waals surface area contributed by atoms with Gasteiger partial charge in [-0.2, -0.15) is 0 Å². The Balaban J connectivity index is 1.61.